The van der Waals surface area contributed by atoms with E-state index in [1.807, 2.05) is 39.8 Å². The Kier molecular flexibility index (Phi) is 7.64. The van der Waals surface area contributed by atoms with Gasteiger partial charge >= 0.3 is 0 Å². The maximum atomic E-state index is 11.3. The van der Waals surface area contributed by atoms with Crippen LogP contribution in [-0.4, -0.2) is 92.1 Å². The number of aliphatic hydroxyl groups is 4. The smallest absolute Gasteiger partial charge is 0.132 e. The quantitative estimate of drug-likeness (QED) is 0.258. The van der Waals surface area contributed by atoms with Crippen LogP contribution in [0.4, 0.5) is 0 Å². The molecule has 8 atom stereocenters. The van der Waals surface area contributed by atoms with Crippen LogP contribution in [0.15, 0.2) is 46.0 Å². The normalized spacial score (nSPS) is 32.0. The van der Waals surface area contributed by atoms with Crippen LogP contribution in [0.25, 0.3) is 22.5 Å². The molecule has 1 aliphatic heterocycles. The molecule has 4 aromatic rings. The summed E-state index contributed by atoms with van der Waals surface area (Å²) in [6.07, 6.45) is 1.86. The van der Waals surface area contributed by atoms with E-state index in [4.69, 9.17) is 4.74 Å². The van der Waals surface area contributed by atoms with Crippen molar-refractivity contribution < 1.29 is 25.2 Å². The molecule has 0 radical (unpaired) electrons. The van der Waals surface area contributed by atoms with Gasteiger partial charge in [-0.15, -0.1) is 22.0 Å². The third kappa shape index (κ3) is 4.95. The molecule has 1 aliphatic carbocycles. The molecule has 2 aliphatic rings. The molecule has 202 valence electrons. The lowest BCUT2D eigenvalue weighted by atomic mass is 9.92. The second-order valence-electron chi connectivity index (χ2n) is 9.55. The minimum absolute atomic E-state index is 0.255. The van der Waals surface area contributed by atoms with Crippen molar-refractivity contribution in [3.05, 3.63) is 46.0 Å². The van der Waals surface area contributed by atoms with E-state index in [1.165, 1.54) is 27.8 Å². The van der Waals surface area contributed by atoms with Crippen LogP contribution >= 0.6 is 34.4 Å². The van der Waals surface area contributed by atoms with E-state index in [-0.39, 0.29) is 11.3 Å². The third-order valence-electron chi connectivity index (χ3n) is 7.22. The van der Waals surface area contributed by atoms with Gasteiger partial charge in [0.15, 0.2) is 0 Å². The van der Waals surface area contributed by atoms with Gasteiger partial charge in [-0.2, -0.15) is 22.7 Å². The highest BCUT2D eigenvalue weighted by Crippen LogP contribution is 2.42. The first kappa shape index (κ1) is 26.1. The first-order valence-corrected chi connectivity index (χ1v) is 15.2. The molecule has 38 heavy (non-hydrogen) atoms. The molecule has 0 bridgehead atoms. The average molecular weight is 577 g/mol. The highest BCUT2D eigenvalue weighted by molar-refractivity contribution is 8.00. The number of aromatic nitrogens is 6. The molecule has 0 aromatic carbocycles. The van der Waals surface area contributed by atoms with Gasteiger partial charge in [-0.25, -0.2) is 9.36 Å². The Morgan fingerprint density at radius 2 is 1.55 bits per heavy atom. The average Bonchev–Trinajstić information content (AvgIpc) is 3.74. The fourth-order valence-electron chi connectivity index (χ4n) is 5.17. The Bertz CT molecular complexity index is 1310. The fraction of sp³-hybridized carbons (Fsp3) is 0.500. The van der Waals surface area contributed by atoms with Crippen LogP contribution in [0.3, 0.4) is 0 Å². The Morgan fingerprint density at radius 1 is 0.895 bits per heavy atom. The van der Waals surface area contributed by atoms with Crippen molar-refractivity contribution in [3.63, 3.8) is 0 Å². The van der Waals surface area contributed by atoms with Crippen LogP contribution in [0.1, 0.15) is 31.3 Å². The Hall–Kier alpha value is -2.17. The predicted octanol–water partition coefficient (Wildman–Crippen LogP) is 2.19. The molecule has 1 saturated carbocycles. The first-order valence-electron chi connectivity index (χ1n) is 12.4. The number of hydrogen-bond acceptors (Lipinski definition) is 12. The Morgan fingerprint density at radius 3 is 2.18 bits per heavy atom. The van der Waals surface area contributed by atoms with Gasteiger partial charge in [-0.05, 0) is 35.7 Å². The van der Waals surface area contributed by atoms with E-state index >= 15 is 0 Å². The zero-order valence-electron chi connectivity index (χ0n) is 20.2. The number of aliphatic hydroxyl groups excluding tert-OH is 4. The van der Waals surface area contributed by atoms with E-state index < -0.39 is 42.5 Å². The van der Waals surface area contributed by atoms with Crippen LogP contribution < -0.4 is 0 Å². The molecule has 4 N–H and O–H groups in total. The van der Waals surface area contributed by atoms with Crippen molar-refractivity contribution in [1.29, 1.82) is 0 Å². The van der Waals surface area contributed by atoms with E-state index in [0.29, 0.717) is 5.69 Å². The molecular weight excluding hydrogens is 549 g/mol. The van der Waals surface area contributed by atoms with Crippen LogP contribution in [0.5, 0.6) is 0 Å². The van der Waals surface area contributed by atoms with Gasteiger partial charge < -0.3 is 25.2 Å². The van der Waals surface area contributed by atoms with Gasteiger partial charge in [0, 0.05) is 27.1 Å². The molecule has 11 nitrogen and oxygen atoms in total. The van der Waals surface area contributed by atoms with Crippen LogP contribution in [0, 0.1) is 0 Å². The topological polar surface area (TPSA) is 152 Å². The van der Waals surface area contributed by atoms with E-state index in [0.717, 1.165) is 36.1 Å². The van der Waals surface area contributed by atoms with Crippen molar-refractivity contribution in [2.75, 3.05) is 6.61 Å². The standard InChI is InChI=1S/C24H28N6O5S3/c31-10-18-22(33)20(30-9-16(26-28-30)14-5-7-37-12-14)23(34)24(35-18)38-19-3-1-2-17(21(19)32)29-8-15(25-27-29)13-4-6-36-11-13/h4-9,11-12,17-24,31-34H,1-3,10H2/t17-,18+,19+,20-,21+,22-,23+,24-/m0/s1. The fourth-order valence-corrected chi connectivity index (χ4v) is 7.98. The van der Waals surface area contributed by atoms with Gasteiger partial charge in [-0.3, -0.25) is 0 Å². The Balaban J connectivity index is 1.19. The molecule has 0 amide bonds. The molecule has 0 unspecified atom stereocenters. The second-order valence-corrected chi connectivity index (χ2v) is 12.5. The summed E-state index contributed by atoms with van der Waals surface area (Å²) in [5.41, 5.74) is 2.48. The summed E-state index contributed by atoms with van der Waals surface area (Å²) in [4.78, 5) is 0. The van der Waals surface area contributed by atoms with Crippen molar-refractivity contribution in [3.8, 4) is 22.5 Å². The number of hydrogen-bond donors (Lipinski definition) is 4. The number of thioether (sulfide) groups is 1. The molecule has 6 rings (SSSR count). The molecule has 4 aromatic heterocycles. The summed E-state index contributed by atoms with van der Waals surface area (Å²) in [6, 6.07) is 2.76. The molecule has 1 saturated heterocycles. The van der Waals surface area contributed by atoms with Gasteiger partial charge in [0.05, 0.1) is 31.1 Å². The Labute approximate surface area is 230 Å². The van der Waals surface area contributed by atoms with Crippen molar-refractivity contribution in [1.82, 2.24) is 30.0 Å². The lowest BCUT2D eigenvalue weighted by Crippen LogP contribution is -2.55. The predicted molar refractivity (Wildman–Crippen MR) is 144 cm³/mol. The maximum Gasteiger partial charge on any atom is 0.132 e. The summed E-state index contributed by atoms with van der Waals surface area (Å²) < 4.78 is 9.12. The maximum absolute atomic E-state index is 11.3. The van der Waals surface area contributed by atoms with Crippen LogP contribution in [-0.2, 0) is 4.74 Å². The largest absolute Gasteiger partial charge is 0.394 e. The van der Waals surface area contributed by atoms with Gasteiger partial charge in [-0.1, -0.05) is 16.8 Å². The molecule has 0 spiro atoms. The van der Waals surface area contributed by atoms with Crippen LogP contribution in [0.2, 0.25) is 0 Å². The second kappa shape index (κ2) is 11.1. The molecule has 14 heteroatoms. The van der Waals surface area contributed by atoms with Crippen molar-refractivity contribution in [2.45, 2.75) is 66.4 Å². The lowest BCUT2D eigenvalue weighted by molar-refractivity contribution is -0.178. The summed E-state index contributed by atoms with van der Waals surface area (Å²) in [6.45, 7) is -0.423. The summed E-state index contributed by atoms with van der Waals surface area (Å²) in [5, 5.41) is 68.1. The zero-order chi connectivity index (χ0) is 26.2. The van der Waals surface area contributed by atoms with Crippen molar-refractivity contribution in [2.24, 2.45) is 0 Å². The number of rotatable bonds is 7. The molecule has 2 fully saturated rings. The highest BCUT2D eigenvalue weighted by atomic mass is 32.2. The lowest BCUT2D eigenvalue weighted by Gasteiger charge is -2.44. The van der Waals surface area contributed by atoms with Crippen molar-refractivity contribution >= 4 is 34.4 Å². The summed E-state index contributed by atoms with van der Waals surface area (Å²) in [5.74, 6) is 0. The number of thiophene rings is 2. The SMILES string of the molecule is OC[C@H]1O[C@@H](S[C@@H]2CCC[C@H](n3cc(-c4ccsc4)nn3)[C@H]2O)[C@H](O)[C@@H](n2cc(-c3ccsc3)nn2)[C@H]1O. The minimum atomic E-state index is -1.20. The monoisotopic (exact) mass is 576 g/mol. The summed E-state index contributed by atoms with van der Waals surface area (Å²) >= 11 is 4.45. The molecule has 5 heterocycles. The van der Waals surface area contributed by atoms with E-state index in [9.17, 15) is 20.4 Å². The third-order valence-corrected chi connectivity index (χ3v) is 10.1. The van der Waals surface area contributed by atoms with Gasteiger partial charge in [0.1, 0.15) is 41.2 Å². The summed E-state index contributed by atoms with van der Waals surface area (Å²) in [7, 11) is 0. The zero-order valence-corrected chi connectivity index (χ0v) is 22.6. The van der Waals surface area contributed by atoms with Gasteiger partial charge in [0.2, 0.25) is 0 Å². The number of nitrogens with zero attached hydrogens (tertiary/aromatic N) is 6. The van der Waals surface area contributed by atoms with E-state index in [1.54, 1.807) is 22.2 Å². The molecular formula is C24H28N6O5S3. The minimum Gasteiger partial charge on any atom is -0.394 e. The van der Waals surface area contributed by atoms with Gasteiger partial charge in [0.25, 0.3) is 0 Å². The highest BCUT2D eigenvalue weighted by Gasteiger charge is 2.48. The number of ether oxygens (including phenoxy) is 1. The van der Waals surface area contributed by atoms with E-state index in [2.05, 4.69) is 20.6 Å². The first-order chi connectivity index (χ1) is 18.5.